The summed E-state index contributed by atoms with van der Waals surface area (Å²) in [5, 5.41) is 9.93. The fraction of sp³-hybridized carbons (Fsp3) is 0.692. The third kappa shape index (κ3) is 2.15. The van der Waals surface area contributed by atoms with Gasteiger partial charge < -0.3 is 5.11 Å². The van der Waals surface area contributed by atoms with Gasteiger partial charge in [0.2, 0.25) is 0 Å². The number of thioether (sulfide) groups is 1. The third-order valence-corrected chi connectivity index (χ3v) is 5.49. The van der Waals surface area contributed by atoms with E-state index in [4.69, 9.17) is 0 Å². The predicted octanol–water partition coefficient (Wildman–Crippen LogP) is 2.65. The topological polar surface area (TPSA) is 54.4 Å². The van der Waals surface area contributed by atoms with Crippen LogP contribution < -0.4 is 0 Å². The van der Waals surface area contributed by atoms with Crippen LogP contribution in [0.5, 0.6) is 0 Å². The molecule has 17 heavy (non-hydrogen) atoms. The minimum absolute atomic E-state index is 0.0263. The van der Waals surface area contributed by atoms with Crippen molar-refractivity contribution in [1.29, 1.82) is 0 Å². The molecule has 1 N–H and O–H groups in total. The van der Waals surface area contributed by atoms with E-state index in [0.717, 1.165) is 12.8 Å². The number of aliphatic hydroxyl groups excluding tert-OH is 1. The zero-order chi connectivity index (χ0) is 12.6. The molecule has 0 aliphatic heterocycles. The number of allylic oxidation sites excluding steroid dienone is 2. The lowest BCUT2D eigenvalue weighted by atomic mass is 9.82. The highest BCUT2D eigenvalue weighted by Crippen LogP contribution is 2.56. The molecule has 94 valence electrons. The maximum Gasteiger partial charge on any atom is 0.170 e. The van der Waals surface area contributed by atoms with Crippen molar-refractivity contribution in [2.24, 2.45) is 5.92 Å². The first-order valence-electron chi connectivity index (χ1n) is 6.07. The number of carbonyl (C=O) groups excluding carboxylic acids is 2. The molecule has 0 saturated heterocycles. The first-order chi connectivity index (χ1) is 8.04. The van der Waals surface area contributed by atoms with Crippen LogP contribution in [0.3, 0.4) is 0 Å². The van der Waals surface area contributed by atoms with E-state index in [2.05, 4.69) is 6.26 Å². The van der Waals surface area contributed by atoms with Gasteiger partial charge in [0.1, 0.15) is 5.76 Å². The number of aliphatic hydroxyl groups is 1. The van der Waals surface area contributed by atoms with Gasteiger partial charge in [0.15, 0.2) is 11.6 Å². The lowest BCUT2D eigenvalue weighted by Gasteiger charge is -2.29. The fourth-order valence-corrected chi connectivity index (χ4v) is 3.67. The first-order valence-corrected chi connectivity index (χ1v) is 7.30. The van der Waals surface area contributed by atoms with E-state index in [9.17, 15) is 14.7 Å². The normalized spacial score (nSPS) is 27.2. The average molecular weight is 254 g/mol. The monoisotopic (exact) mass is 254 g/mol. The molecule has 0 amide bonds. The molecule has 0 spiro atoms. The van der Waals surface area contributed by atoms with E-state index in [0.29, 0.717) is 12.8 Å². The molecule has 1 fully saturated rings. The molecule has 0 aromatic heterocycles. The van der Waals surface area contributed by atoms with E-state index in [-0.39, 0.29) is 40.0 Å². The van der Waals surface area contributed by atoms with Gasteiger partial charge in [-0.3, -0.25) is 9.59 Å². The largest absolute Gasteiger partial charge is 0.511 e. The average Bonchev–Trinajstić information content (AvgIpc) is 3.08. The van der Waals surface area contributed by atoms with Crippen LogP contribution in [0.1, 0.15) is 39.0 Å². The molecule has 2 aliphatic rings. The summed E-state index contributed by atoms with van der Waals surface area (Å²) in [6.45, 7) is 1.71. The van der Waals surface area contributed by atoms with Crippen LogP contribution in [-0.2, 0) is 9.59 Å². The first kappa shape index (κ1) is 12.7. The van der Waals surface area contributed by atoms with Gasteiger partial charge in [-0.15, -0.1) is 0 Å². The Morgan fingerprint density at radius 3 is 2.53 bits per heavy atom. The Bertz CT molecular complexity index is 393. The van der Waals surface area contributed by atoms with Crippen molar-refractivity contribution >= 4 is 23.3 Å². The van der Waals surface area contributed by atoms with Gasteiger partial charge in [-0.25, -0.2) is 0 Å². The Balaban J connectivity index is 2.21. The molecule has 2 rings (SSSR count). The van der Waals surface area contributed by atoms with Crippen LogP contribution in [0.15, 0.2) is 11.3 Å². The Morgan fingerprint density at radius 2 is 2.12 bits per heavy atom. The van der Waals surface area contributed by atoms with Crippen molar-refractivity contribution in [3.8, 4) is 0 Å². The molecule has 2 aliphatic carbocycles. The maximum absolute atomic E-state index is 12.0. The molecule has 1 saturated carbocycles. The molecule has 0 bridgehead atoms. The molecule has 0 aromatic carbocycles. The van der Waals surface area contributed by atoms with Crippen molar-refractivity contribution in [3.05, 3.63) is 11.3 Å². The smallest absolute Gasteiger partial charge is 0.170 e. The van der Waals surface area contributed by atoms with Crippen LogP contribution >= 0.6 is 11.8 Å². The van der Waals surface area contributed by atoms with E-state index in [1.807, 2.05) is 0 Å². The fourth-order valence-electron chi connectivity index (χ4n) is 2.66. The van der Waals surface area contributed by atoms with E-state index in [1.54, 1.807) is 18.7 Å². The Kier molecular flexibility index (Phi) is 3.34. The second kappa shape index (κ2) is 4.48. The van der Waals surface area contributed by atoms with Gasteiger partial charge in [0.25, 0.3) is 0 Å². The summed E-state index contributed by atoms with van der Waals surface area (Å²) in [5.74, 6) is -0.150. The van der Waals surface area contributed by atoms with E-state index in [1.165, 1.54) is 0 Å². The molecule has 0 heterocycles. The van der Waals surface area contributed by atoms with Crippen LogP contribution in [0.2, 0.25) is 0 Å². The Labute approximate surface area is 106 Å². The number of hydrogen-bond donors (Lipinski definition) is 1. The molecular weight excluding hydrogens is 236 g/mol. The van der Waals surface area contributed by atoms with Gasteiger partial charge in [0, 0.05) is 24.0 Å². The third-order valence-electron chi connectivity index (χ3n) is 3.93. The number of rotatable bonds is 4. The SMILES string of the molecule is CCC(=O)C1=C(O)CC(C2(SC)CC2)CC1=O. The Hall–Kier alpha value is -0.770. The summed E-state index contributed by atoms with van der Waals surface area (Å²) in [6, 6.07) is 0. The Morgan fingerprint density at radius 1 is 1.47 bits per heavy atom. The van der Waals surface area contributed by atoms with Crippen LogP contribution in [0.25, 0.3) is 0 Å². The molecule has 1 unspecified atom stereocenters. The van der Waals surface area contributed by atoms with Gasteiger partial charge in [-0.05, 0) is 25.0 Å². The van der Waals surface area contributed by atoms with Crippen molar-refractivity contribution in [1.82, 2.24) is 0 Å². The van der Waals surface area contributed by atoms with Crippen molar-refractivity contribution in [2.75, 3.05) is 6.26 Å². The minimum Gasteiger partial charge on any atom is -0.511 e. The standard InChI is InChI=1S/C13H18O3S/c1-3-9(14)12-10(15)6-8(7-11(12)16)13(17-2)4-5-13/h8,15H,3-7H2,1-2H3. The molecule has 0 aromatic rings. The summed E-state index contributed by atoms with van der Waals surface area (Å²) >= 11 is 1.79. The van der Waals surface area contributed by atoms with Crippen molar-refractivity contribution in [3.63, 3.8) is 0 Å². The highest BCUT2D eigenvalue weighted by molar-refractivity contribution is 8.00. The lowest BCUT2D eigenvalue weighted by Crippen LogP contribution is -2.30. The van der Waals surface area contributed by atoms with Gasteiger partial charge in [0.05, 0.1) is 5.57 Å². The van der Waals surface area contributed by atoms with Crippen molar-refractivity contribution in [2.45, 2.75) is 43.8 Å². The second-order valence-electron chi connectivity index (χ2n) is 4.90. The van der Waals surface area contributed by atoms with Crippen LogP contribution in [-0.4, -0.2) is 27.7 Å². The number of Topliss-reactive ketones (excluding diaryl/α,β-unsaturated/α-hetero) is 2. The molecule has 4 heteroatoms. The van der Waals surface area contributed by atoms with E-state index >= 15 is 0 Å². The summed E-state index contributed by atoms with van der Waals surface area (Å²) in [4.78, 5) is 23.5. The van der Waals surface area contributed by atoms with Gasteiger partial charge in [-0.1, -0.05) is 6.92 Å². The number of hydrogen-bond acceptors (Lipinski definition) is 4. The maximum atomic E-state index is 12.0. The molecule has 3 nitrogen and oxygen atoms in total. The van der Waals surface area contributed by atoms with Crippen LogP contribution in [0.4, 0.5) is 0 Å². The minimum atomic E-state index is -0.222. The van der Waals surface area contributed by atoms with Gasteiger partial charge >= 0.3 is 0 Å². The number of carbonyl (C=O) groups is 2. The van der Waals surface area contributed by atoms with Crippen LogP contribution in [0, 0.1) is 5.92 Å². The summed E-state index contributed by atoms with van der Waals surface area (Å²) in [5.41, 5.74) is 0.0700. The quantitative estimate of drug-likeness (QED) is 0.784. The lowest BCUT2D eigenvalue weighted by molar-refractivity contribution is -0.122. The summed E-state index contributed by atoms with van der Waals surface area (Å²) in [6.07, 6.45) is 5.50. The highest BCUT2D eigenvalue weighted by atomic mass is 32.2. The van der Waals surface area contributed by atoms with Crippen molar-refractivity contribution < 1.29 is 14.7 Å². The molecule has 1 atom stereocenters. The second-order valence-corrected chi connectivity index (χ2v) is 6.12. The molecular formula is C13H18O3S. The number of ketones is 2. The van der Waals surface area contributed by atoms with Gasteiger partial charge in [-0.2, -0.15) is 11.8 Å². The summed E-state index contributed by atoms with van der Waals surface area (Å²) in [7, 11) is 0. The summed E-state index contributed by atoms with van der Waals surface area (Å²) < 4.78 is 0.185. The zero-order valence-corrected chi connectivity index (χ0v) is 11.1. The van der Waals surface area contributed by atoms with E-state index < -0.39 is 0 Å². The predicted molar refractivity (Wildman–Crippen MR) is 68.2 cm³/mol. The highest BCUT2D eigenvalue weighted by Gasteiger charge is 2.51. The zero-order valence-electron chi connectivity index (χ0n) is 10.3. The molecule has 0 radical (unpaired) electrons.